The van der Waals surface area contributed by atoms with Crippen molar-refractivity contribution < 1.29 is 4.74 Å². The van der Waals surface area contributed by atoms with Gasteiger partial charge in [0.15, 0.2) is 0 Å². The highest BCUT2D eigenvalue weighted by molar-refractivity contribution is 5.15. The predicted molar refractivity (Wildman–Crippen MR) is 51.4 cm³/mol. The maximum absolute atomic E-state index is 5.36. The van der Waals surface area contributed by atoms with Crippen molar-refractivity contribution in [2.45, 2.75) is 0 Å². The minimum atomic E-state index is 0.580. The van der Waals surface area contributed by atoms with Crippen LogP contribution in [-0.2, 0) is 0 Å². The van der Waals surface area contributed by atoms with E-state index < -0.39 is 0 Å². The van der Waals surface area contributed by atoms with Crippen molar-refractivity contribution in [2.24, 2.45) is 0 Å². The molecule has 0 aliphatic rings. The molecule has 0 aromatic carbocycles. The highest BCUT2D eigenvalue weighted by Crippen LogP contribution is 2.04. The molecule has 68 valence electrons. The van der Waals surface area contributed by atoms with Gasteiger partial charge < -0.3 is 10.1 Å². The van der Waals surface area contributed by atoms with Crippen LogP contribution in [0.3, 0.4) is 0 Å². The van der Waals surface area contributed by atoms with E-state index in [1.165, 1.54) is 0 Å². The van der Waals surface area contributed by atoms with Gasteiger partial charge in [-0.1, -0.05) is 5.92 Å². The van der Waals surface area contributed by atoms with Gasteiger partial charge in [0, 0.05) is 12.7 Å². The zero-order chi connectivity index (χ0) is 9.36. The average molecular weight is 176 g/mol. The Kier molecular flexibility index (Phi) is 4.44. The lowest BCUT2D eigenvalue weighted by molar-refractivity contribution is 0.315. The van der Waals surface area contributed by atoms with E-state index in [2.05, 4.69) is 16.2 Å². The Bertz CT molecular complexity index is 266. The first kappa shape index (κ1) is 9.56. The molecule has 0 aliphatic carbocycles. The fourth-order valence-corrected chi connectivity index (χ4v) is 0.834. The molecule has 0 fully saturated rings. The fraction of sp³-hybridized carbons (Fsp3) is 0.300. The quantitative estimate of drug-likeness (QED) is 0.529. The fourth-order valence-electron chi connectivity index (χ4n) is 0.834. The summed E-state index contributed by atoms with van der Waals surface area (Å²) in [5, 5.41) is 3.02. The molecule has 0 unspecified atom stereocenters. The van der Waals surface area contributed by atoms with Crippen LogP contribution in [0, 0.1) is 12.3 Å². The molecule has 0 aliphatic heterocycles. The van der Waals surface area contributed by atoms with E-state index in [4.69, 9.17) is 11.2 Å². The van der Waals surface area contributed by atoms with Crippen LogP contribution in [-0.4, -0.2) is 24.7 Å². The minimum Gasteiger partial charge on any atom is -0.491 e. The van der Waals surface area contributed by atoms with Crippen molar-refractivity contribution >= 4 is 0 Å². The third-order valence-corrected chi connectivity index (χ3v) is 1.41. The first-order valence-corrected chi connectivity index (χ1v) is 4.10. The number of ether oxygens (including phenoxy) is 1. The number of nitrogens with zero attached hydrogens (tertiary/aromatic N) is 1. The molecule has 1 rings (SSSR count). The predicted octanol–water partition coefficient (Wildman–Crippen LogP) is 0.683. The summed E-state index contributed by atoms with van der Waals surface area (Å²) in [6.07, 6.45) is 8.45. The second-order valence-corrected chi connectivity index (χ2v) is 2.42. The number of aromatic nitrogens is 1. The van der Waals surface area contributed by atoms with Crippen molar-refractivity contribution in [2.75, 3.05) is 19.7 Å². The van der Waals surface area contributed by atoms with Crippen molar-refractivity contribution in [3.05, 3.63) is 24.5 Å². The van der Waals surface area contributed by atoms with Gasteiger partial charge >= 0.3 is 0 Å². The Morgan fingerprint density at radius 2 is 2.54 bits per heavy atom. The summed E-state index contributed by atoms with van der Waals surface area (Å²) in [5.41, 5.74) is 0. The van der Waals surface area contributed by atoms with Gasteiger partial charge in [-0.05, 0) is 12.1 Å². The topological polar surface area (TPSA) is 34.1 Å². The molecule has 1 aromatic rings. The zero-order valence-corrected chi connectivity index (χ0v) is 7.36. The average Bonchev–Trinajstić information content (AvgIpc) is 2.19. The summed E-state index contributed by atoms with van der Waals surface area (Å²) in [5.74, 6) is 3.27. The standard InChI is InChI=1S/C10H12N2O/c1-2-5-11-7-8-13-10-4-3-6-12-9-10/h1,3-4,6,9,11H,5,7-8H2. The maximum atomic E-state index is 5.36. The van der Waals surface area contributed by atoms with Crippen LogP contribution in [0.2, 0.25) is 0 Å². The third kappa shape index (κ3) is 4.14. The van der Waals surface area contributed by atoms with Gasteiger partial charge in [-0.25, -0.2) is 0 Å². The molecule has 0 spiro atoms. The van der Waals surface area contributed by atoms with E-state index >= 15 is 0 Å². The summed E-state index contributed by atoms with van der Waals surface area (Å²) in [4.78, 5) is 3.92. The van der Waals surface area contributed by atoms with Gasteiger partial charge in [0.2, 0.25) is 0 Å². The number of hydrogen-bond acceptors (Lipinski definition) is 3. The molecule has 0 saturated heterocycles. The molecule has 3 nitrogen and oxygen atoms in total. The monoisotopic (exact) mass is 176 g/mol. The van der Waals surface area contributed by atoms with Gasteiger partial charge in [-0.15, -0.1) is 6.42 Å². The Morgan fingerprint density at radius 1 is 1.62 bits per heavy atom. The molecule has 3 heteroatoms. The van der Waals surface area contributed by atoms with Crippen molar-refractivity contribution in [3.63, 3.8) is 0 Å². The van der Waals surface area contributed by atoms with Gasteiger partial charge in [0.1, 0.15) is 12.4 Å². The molecule has 0 atom stereocenters. The number of pyridine rings is 1. The lowest BCUT2D eigenvalue weighted by Crippen LogP contribution is -2.21. The molecule has 1 aromatic heterocycles. The van der Waals surface area contributed by atoms with Crippen LogP contribution in [0.1, 0.15) is 0 Å². The van der Waals surface area contributed by atoms with Crippen molar-refractivity contribution in [1.29, 1.82) is 0 Å². The number of nitrogens with one attached hydrogen (secondary N) is 1. The molecule has 0 radical (unpaired) electrons. The first-order chi connectivity index (χ1) is 6.43. The maximum Gasteiger partial charge on any atom is 0.137 e. The normalized spacial score (nSPS) is 9.15. The van der Waals surface area contributed by atoms with E-state index in [1.807, 2.05) is 12.1 Å². The van der Waals surface area contributed by atoms with E-state index in [9.17, 15) is 0 Å². The van der Waals surface area contributed by atoms with Gasteiger partial charge in [-0.3, -0.25) is 4.98 Å². The Hall–Kier alpha value is -1.53. The zero-order valence-electron chi connectivity index (χ0n) is 7.36. The summed E-state index contributed by atoms with van der Waals surface area (Å²) >= 11 is 0. The van der Waals surface area contributed by atoms with Crippen LogP contribution in [0.15, 0.2) is 24.5 Å². The second kappa shape index (κ2) is 6.04. The molecular weight excluding hydrogens is 164 g/mol. The summed E-state index contributed by atoms with van der Waals surface area (Å²) in [6, 6.07) is 3.71. The second-order valence-electron chi connectivity index (χ2n) is 2.42. The van der Waals surface area contributed by atoms with Gasteiger partial charge in [0.05, 0.1) is 12.7 Å². The molecule has 0 saturated carbocycles. The molecule has 13 heavy (non-hydrogen) atoms. The van der Waals surface area contributed by atoms with E-state index in [-0.39, 0.29) is 0 Å². The van der Waals surface area contributed by atoms with Crippen LogP contribution in [0.25, 0.3) is 0 Å². The summed E-state index contributed by atoms with van der Waals surface area (Å²) < 4.78 is 5.36. The van der Waals surface area contributed by atoms with Gasteiger partial charge in [0.25, 0.3) is 0 Å². The number of hydrogen-bond donors (Lipinski definition) is 1. The Morgan fingerprint density at radius 3 is 3.23 bits per heavy atom. The highest BCUT2D eigenvalue weighted by Gasteiger charge is 1.90. The lowest BCUT2D eigenvalue weighted by Gasteiger charge is -2.04. The molecule has 1 heterocycles. The van der Waals surface area contributed by atoms with Crippen LogP contribution >= 0.6 is 0 Å². The SMILES string of the molecule is C#CCNCCOc1cccnc1. The third-order valence-electron chi connectivity index (χ3n) is 1.41. The lowest BCUT2D eigenvalue weighted by atomic mass is 10.5. The molecule has 1 N–H and O–H groups in total. The van der Waals surface area contributed by atoms with Crippen molar-refractivity contribution in [1.82, 2.24) is 10.3 Å². The van der Waals surface area contributed by atoms with Crippen LogP contribution in [0.4, 0.5) is 0 Å². The smallest absolute Gasteiger partial charge is 0.137 e. The van der Waals surface area contributed by atoms with E-state index in [0.29, 0.717) is 13.2 Å². The highest BCUT2D eigenvalue weighted by atomic mass is 16.5. The van der Waals surface area contributed by atoms with E-state index in [1.54, 1.807) is 12.4 Å². The Labute approximate surface area is 78.1 Å². The number of terminal acetylenes is 1. The van der Waals surface area contributed by atoms with Crippen LogP contribution in [0.5, 0.6) is 5.75 Å². The molecule has 0 bridgehead atoms. The summed E-state index contributed by atoms with van der Waals surface area (Å²) in [7, 11) is 0. The van der Waals surface area contributed by atoms with Gasteiger partial charge in [-0.2, -0.15) is 0 Å². The molecular formula is C10H12N2O. The molecule has 0 amide bonds. The minimum absolute atomic E-state index is 0.580. The van der Waals surface area contributed by atoms with E-state index in [0.717, 1.165) is 12.3 Å². The largest absolute Gasteiger partial charge is 0.491 e. The summed E-state index contributed by atoms with van der Waals surface area (Å²) in [6.45, 7) is 1.93. The number of rotatable bonds is 5. The Balaban J connectivity index is 2.11. The van der Waals surface area contributed by atoms with Crippen molar-refractivity contribution in [3.8, 4) is 18.1 Å². The first-order valence-electron chi connectivity index (χ1n) is 4.10. The van der Waals surface area contributed by atoms with Crippen LogP contribution < -0.4 is 10.1 Å².